The summed E-state index contributed by atoms with van der Waals surface area (Å²) in [5.41, 5.74) is 1.88. The van der Waals surface area contributed by atoms with E-state index in [9.17, 15) is 9.18 Å². The van der Waals surface area contributed by atoms with Gasteiger partial charge in [0, 0.05) is 18.1 Å². The summed E-state index contributed by atoms with van der Waals surface area (Å²) in [5, 5.41) is 8.90. The van der Waals surface area contributed by atoms with Crippen LogP contribution < -0.4 is 14.2 Å². The van der Waals surface area contributed by atoms with Gasteiger partial charge in [0.1, 0.15) is 29.8 Å². The second-order valence-corrected chi connectivity index (χ2v) is 9.49. The number of benzene rings is 1. The second-order valence-electron chi connectivity index (χ2n) is 9.49. The Morgan fingerprint density at radius 2 is 1.82 bits per heavy atom. The Hall–Kier alpha value is -3.75. The van der Waals surface area contributed by atoms with Crippen LogP contribution >= 0.6 is 0 Å². The van der Waals surface area contributed by atoms with Gasteiger partial charge in [0.15, 0.2) is 5.82 Å². The molecule has 8 nitrogen and oxygen atoms in total. The van der Waals surface area contributed by atoms with Crippen LogP contribution in [0.3, 0.4) is 0 Å². The van der Waals surface area contributed by atoms with Crippen molar-refractivity contribution in [1.82, 2.24) is 15.0 Å². The molecular formula is C29H34FN3O5. The SMILES string of the molecule is C1CC1.COc1cc(-c2ncc(COc3cccc(CCC(=O)O)c3)nc2OC2CCCCC2)c(F)cn1. The molecule has 202 valence electrons. The Morgan fingerprint density at radius 1 is 1.05 bits per heavy atom. The van der Waals surface area contributed by atoms with E-state index in [1.165, 1.54) is 45.1 Å². The predicted molar refractivity (Wildman–Crippen MR) is 140 cm³/mol. The molecule has 3 aromatic rings. The van der Waals surface area contributed by atoms with E-state index >= 15 is 0 Å². The van der Waals surface area contributed by atoms with Gasteiger partial charge in [-0.3, -0.25) is 4.79 Å². The van der Waals surface area contributed by atoms with Crippen LogP contribution in [-0.4, -0.2) is 39.2 Å². The lowest BCUT2D eigenvalue weighted by molar-refractivity contribution is -0.136. The van der Waals surface area contributed by atoms with Gasteiger partial charge in [-0.15, -0.1) is 0 Å². The molecule has 9 heteroatoms. The Kier molecular flexibility index (Phi) is 9.84. The average Bonchev–Trinajstić information content (AvgIpc) is 3.82. The summed E-state index contributed by atoms with van der Waals surface area (Å²) in [5.74, 6) is -0.281. The maximum atomic E-state index is 14.7. The summed E-state index contributed by atoms with van der Waals surface area (Å²) >= 11 is 0. The van der Waals surface area contributed by atoms with E-state index in [-0.39, 0.29) is 42.1 Å². The summed E-state index contributed by atoms with van der Waals surface area (Å²) in [7, 11) is 1.46. The fraction of sp³-hybridized carbons (Fsp3) is 0.448. The molecule has 0 atom stereocenters. The number of hydrogen-bond donors (Lipinski definition) is 1. The molecule has 0 bridgehead atoms. The highest BCUT2D eigenvalue weighted by molar-refractivity contribution is 5.67. The maximum absolute atomic E-state index is 14.7. The van der Waals surface area contributed by atoms with Crippen molar-refractivity contribution in [2.24, 2.45) is 0 Å². The zero-order chi connectivity index (χ0) is 26.7. The van der Waals surface area contributed by atoms with Crippen LogP contribution in [0.25, 0.3) is 11.3 Å². The van der Waals surface area contributed by atoms with Gasteiger partial charge in [-0.05, 0) is 49.8 Å². The molecule has 1 aromatic carbocycles. The summed E-state index contributed by atoms with van der Waals surface area (Å²) in [6, 6.07) is 8.76. The first-order chi connectivity index (χ1) is 18.5. The van der Waals surface area contributed by atoms with Crippen LogP contribution in [0, 0.1) is 5.82 Å². The van der Waals surface area contributed by atoms with E-state index < -0.39 is 11.8 Å². The number of aliphatic carboxylic acids is 1. The van der Waals surface area contributed by atoms with Crippen molar-refractivity contribution in [3.05, 3.63) is 59.8 Å². The van der Waals surface area contributed by atoms with E-state index in [4.69, 9.17) is 19.3 Å². The number of hydrogen-bond acceptors (Lipinski definition) is 7. The van der Waals surface area contributed by atoms with Gasteiger partial charge in [0.05, 0.1) is 19.5 Å². The second kappa shape index (κ2) is 13.7. The Balaban J connectivity index is 0.00000105. The third-order valence-corrected chi connectivity index (χ3v) is 6.18. The minimum absolute atomic E-state index is 0.00863. The molecule has 0 radical (unpaired) electrons. The van der Waals surface area contributed by atoms with Gasteiger partial charge in [0.25, 0.3) is 0 Å². The Labute approximate surface area is 222 Å². The van der Waals surface area contributed by atoms with Gasteiger partial charge in [-0.2, -0.15) is 0 Å². The summed E-state index contributed by atoms with van der Waals surface area (Å²) < 4.78 is 31.9. The molecule has 2 aliphatic carbocycles. The summed E-state index contributed by atoms with van der Waals surface area (Å²) in [6.45, 7) is 0.124. The first-order valence-corrected chi connectivity index (χ1v) is 13.2. The highest BCUT2D eigenvalue weighted by atomic mass is 19.1. The molecule has 0 aliphatic heterocycles. The molecule has 38 heavy (non-hydrogen) atoms. The third kappa shape index (κ3) is 8.39. The van der Waals surface area contributed by atoms with E-state index in [0.717, 1.165) is 37.4 Å². The van der Waals surface area contributed by atoms with E-state index in [2.05, 4.69) is 15.0 Å². The molecule has 0 saturated heterocycles. The van der Waals surface area contributed by atoms with Crippen LogP contribution in [0.15, 0.2) is 42.7 Å². The van der Waals surface area contributed by atoms with Crippen LogP contribution in [0.5, 0.6) is 17.5 Å². The number of halogens is 1. The molecular weight excluding hydrogens is 489 g/mol. The molecule has 2 heterocycles. The molecule has 2 aliphatic rings. The average molecular weight is 524 g/mol. The maximum Gasteiger partial charge on any atom is 0.303 e. The highest BCUT2D eigenvalue weighted by Gasteiger charge is 2.22. The number of rotatable bonds is 10. The predicted octanol–water partition coefficient (Wildman–Crippen LogP) is 6.16. The van der Waals surface area contributed by atoms with Gasteiger partial charge in [0.2, 0.25) is 11.8 Å². The van der Waals surface area contributed by atoms with Crippen LogP contribution in [-0.2, 0) is 17.8 Å². The number of carbonyl (C=O) groups is 1. The van der Waals surface area contributed by atoms with Crippen molar-refractivity contribution in [3.63, 3.8) is 0 Å². The minimum atomic E-state index is -0.847. The molecule has 2 fully saturated rings. The number of pyridine rings is 1. The van der Waals surface area contributed by atoms with E-state index in [0.29, 0.717) is 17.9 Å². The van der Waals surface area contributed by atoms with Crippen LogP contribution in [0.1, 0.15) is 69.0 Å². The topological polar surface area (TPSA) is 104 Å². The number of carboxylic acids is 1. The Bertz CT molecular complexity index is 1210. The van der Waals surface area contributed by atoms with Crippen molar-refractivity contribution in [3.8, 4) is 28.8 Å². The molecule has 0 spiro atoms. The smallest absolute Gasteiger partial charge is 0.303 e. The minimum Gasteiger partial charge on any atom is -0.487 e. The number of ether oxygens (including phenoxy) is 3. The Morgan fingerprint density at radius 3 is 2.53 bits per heavy atom. The monoisotopic (exact) mass is 523 g/mol. The molecule has 2 saturated carbocycles. The van der Waals surface area contributed by atoms with Gasteiger partial charge < -0.3 is 19.3 Å². The van der Waals surface area contributed by atoms with Crippen molar-refractivity contribution < 1.29 is 28.5 Å². The fourth-order valence-electron chi connectivity index (χ4n) is 4.00. The number of carboxylic acid groups (broad SMARTS) is 1. The number of aromatic nitrogens is 3. The van der Waals surface area contributed by atoms with Gasteiger partial charge in [-0.25, -0.2) is 19.3 Å². The van der Waals surface area contributed by atoms with Crippen molar-refractivity contribution in [2.75, 3.05) is 7.11 Å². The largest absolute Gasteiger partial charge is 0.487 e. The van der Waals surface area contributed by atoms with Gasteiger partial charge in [-0.1, -0.05) is 37.8 Å². The third-order valence-electron chi connectivity index (χ3n) is 6.18. The standard InChI is InChI=1S/C26H28FN3O5.C3H6/c1-33-23-13-21(22(27)15-28-23)25-26(35-19-7-3-2-4-8-19)30-18(14-29-25)16-34-20-9-5-6-17(12-20)10-11-24(31)32;1-2-3-1/h5-6,9,12-15,19H,2-4,7-8,10-11,16H2,1H3,(H,31,32);1-3H2. The summed E-state index contributed by atoms with van der Waals surface area (Å²) in [4.78, 5) is 23.8. The van der Waals surface area contributed by atoms with Crippen molar-refractivity contribution >= 4 is 5.97 Å². The van der Waals surface area contributed by atoms with E-state index in [1.807, 2.05) is 18.2 Å². The number of nitrogens with zero attached hydrogens (tertiary/aromatic N) is 3. The van der Waals surface area contributed by atoms with Crippen LogP contribution in [0.4, 0.5) is 4.39 Å². The first-order valence-electron chi connectivity index (χ1n) is 13.2. The lowest BCUT2D eigenvalue weighted by atomic mass is 9.98. The van der Waals surface area contributed by atoms with Crippen molar-refractivity contribution in [1.29, 1.82) is 0 Å². The van der Waals surface area contributed by atoms with Crippen molar-refractivity contribution in [2.45, 2.75) is 76.9 Å². The zero-order valence-electron chi connectivity index (χ0n) is 21.7. The first kappa shape index (κ1) is 27.3. The lowest BCUT2D eigenvalue weighted by Crippen LogP contribution is -2.21. The van der Waals surface area contributed by atoms with Crippen LogP contribution in [0.2, 0.25) is 0 Å². The van der Waals surface area contributed by atoms with Gasteiger partial charge >= 0.3 is 5.97 Å². The molecule has 0 unspecified atom stereocenters. The number of aryl methyl sites for hydroxylation is 1. The molecule has 2 aromatic heterocycles. The fourth-order valence-corrected chi connectivity index (χ4v) is 4.00. The molecule has 1 N–H and O–H groups in total. The normalized spacial score (nSPS) is 14.7. The zero-order valence-corrected chi connectivity index (χ0v) is 21.7. The number of methoxy groups -OCH3 is 1. The molecule has 0 amide bonds. The van der Waals surface area contributed by atoms with E-state index in [1.54, 1.807) is 6.07 Å². The quantitative estimate of drug-likeness (QED) is 0.337. The lowest BCUT2D eigenvalue weighted by Gasteiger charge is -2.23. The molecule has 5 rings (SSSR count). The highest BCUT2D eigenvalue weighted by Crippen LogP contribution is 2.33. The summed E-state index contributed by atoms with van der Waals surface area (Å²) in [6.07, 6.45) is 12.7.